The van der Waals surface area contributed by atoms with E-state index in [-0.39, 0.29) is 17.2 Å². The number of benzene rings is 2. The number of aromatic hydroxyl groups is 1. The standard InChI is InChI=1S/C19H22N2O4/c1-24-14-7-8-17(22)15(13-14)19(23)21-11-9-20(10-12-21)16-5-3-4-6-18(16)25-2/h3-8,13,22H,9-12H2,1-2H3. The van der Waals surface area contributed by atoms with E-state index in [9.17, 15) is 9.90 Å². The van der Waals surface area contributed by atoms with Gasteiger partial charge in [-0.25, -0.2) is 0 Å². The van der Waals surface area contributed by atoms with Crippen molar-refractivity contribution in [3.63, 3.8) is 0 Å². The van der Waals surface area contributed by atoms with E-state index < -0.39 is 0 Å². The molecule has 6 nitrogen and oxygen atoms in total. The number of ether oxygens (including phenoxy) is 2. The average molecular weight is 342 g/mol. The summed E-state index contributed by atoms with van der Waals surface area (Å²) in [4.78, 5) is 16.7. The fourth-order valence-electron chi connectivity index (χ4n) is 3.03. The number of hydrogen-bond acceptors (Lipinski definition) is 5. The molecule has 1 saturated heterocycles. The van der Waals surface area contributed by atoms with Crippen LogP contribution in [0.2, 0.25) is 0 Å². The zero-order valence-corrected chi connectivity index (χ0v) is 14.4. The first-order chi connectivity index (χ1) is 12.1. The third kappa shape index (κ3) is 3.47. The lowest BCUT2D eigenvalue weighted by molar-refractivity contribution is 0.0743. The molecule has 0 bridgehead atoms. The van der Waals surface area contributed by atoms with E-state index in [0.29, 0.717) is 31.9 Å². The van der Waals surface area contributed by atoms with Gasteiger partial charge in [0.15, 0.2) is 0 Å². The normalized spacial score (nSPS) is 14.3. The van der Waals surface area contributed by atoms with Crippen LogP contribution in [0, 0.1) is 0 Å². The highest BCUT2D eigenvalue weighted by atomic mass is 16.5. The molecule has 1 fully saturated rings. The maximum atomic E-state index is 12.7. The van der Waals surface area contributed by atoms with E-state index in [4.69, 9.17) is 9.47 Å². The lowest BCUT2D eigenvalue weighted by atomic mass is 10.1. The van der Waals surface area contributed by atoms with E-state index in [0.717, 1.165) is 11.4 Å². The number of anilines is 1. The van der Waals surface area contributed by atoms with Gasteiger partial charge in [0.05, 0.1) is 25.5 Å². The van der Waals surface area contributed by atoms with Crippen LogP contribution in [0.15, 0.2) is 42.5 Å². The predicted octanol–water partition coefficient (Wildman–Crippen LogP) is 2.37. The number of rotatable bonds is 4. The first-order valence-corrected chi connectivity index (χ1v) is 8.18. The number of piperazine rings is 1. The van der Waals surface area contributed by atoms with Gasteiger partial charge in [0.25, 0.3) is 5.91 Å². The fourth-order valence-corrected chi connectivity index (χ4v) is 3.03. The van der Waals surface area contributed by atoms with Crippen LogP contribution >= 0.6 is 0 Å². The monoisotopic (exact) mass is 342 g/mol. The van der Waals surface area contributed by atoms with Crippen molar-refractivity contribution >= 4 is 11.6 Å². The van der Waals surface area contributed by atoms with Crippen molar-refractivity contribution in [3.8, 4) is 17.2 Å². The SMILES string of the molecule is COc1ccc(O)c(C(=O)N2CCN(c3ccccc3OC)CC2)c1. The van der Waals surface area contributed by atoms with Gasteiger partial charge in [-0.05, 0) is 30.3 Å². The summed E-state index contributed by atoms with van der Waals surface area (Å²) in [6.45, 7) is 2.56. The van der Waals surface area contributed by atoms with E-state index in [1.807, 2.05) is 24.3 Å². The van der Waals surface area contributed by atoms with Crippen LogP contribution < -0.4 is 14.4 Å². The highest BCUT2D eigenvalue weighted by Gasteiger charge is 2.25. The zero-order valence-electron chi connectivity index (χ0n) is 14.4. The Morgan fingerprint density at radius 1 is 1.00 bits per heavy atom. The first kappa shape index (κ1) is 17.0. The highest BCUT2D eigenvalue weighted by Crippen LogP contribution is 2.29. The molecule has 0 spiro atoms. The molecule has 1 aliphatic heterocycles. The van der Waals surface area contributed by atoms with Crippen LogP contribution in [0.5, 0.6) is 17.2 Å². The third-order valence-corrected chi connectivity index (χ3v) is 4.43. The summed E-state index contributed by atoms with van der Waals surface area (Å²) >= 11 is 0. The molecule has 0 aliphatic carbocycles. The Balaban J connectivity index is 1.71. The van der Waals surface area contributed by atoms with Crippen LogP contribution in [-0.2, 0) is 0 Å². The first-order valence-electron chi connectivity index (χ1n) is 8.18. The zero-order chi connectivity index (χ0) is 17.8. The summed E-state index contributed by atoms with van der Waals surface area (Å²) in [6.07, 6.45) is 0. The third-order valence-electron chi connectivity index (χ3n) is 4.43. The second kappa shape index (κ2) is 7.34. The Morgan fingerprint density at radius 2 is 1.72 bits per heavy atom. The molecule has 1 aliphatic rings. The molecule has 1 heterocycles. The molecule has 0 radical (unpaired) electrons. The van der Waals surface area contributed by atoms with Gasteiger partial charge in [-0.1, -0.05) is 12.1 Å². The number of carbonyl (C=O) groups excluding carboxylic acids is 1. The smallest absolute Gasteiger partial charge is 0.257 e. The van der Waals surface area contributed by atoms with Crippen molar-refractivity contribution in [2.75, 3.05) is 45.3 Å². The van der Waals surface area contributed by atoms with Gasteiger partial charge >= 0.3 is 0 Å². The predicted molar refractivity (Wildman–Crippen MR) is 95.8 cm³/mol. The fraction of sp³-hybridized carbons (Fsp3) is 0.316. The number of para-hydroxylation sites is 2. The molecule has 1 amide bonds. The van der Waals surface area contributed by atoms with Crippen LogP contribution in [0.25, 0.3) is 0 Å². The number of carbonyl (C=O) groups is 1. The second-order valence-electron chi connectivity index (χ2n) is 5.83. The van der Waals surface area contributed by atoms with Crippen molar-refractivity contribution in [1.29, 1.82) is 0 Å². The number of hydrogen-bond donors (Lipinski definition) is 1. The second-order valence-corrected chi connectivity index (χ2v) is 5.83. The van der Waals surface area contributed by atoms with Gasteiger partial charge in [-0.2, -0.15) is 0 Å². The van der Waals surface area contributed by atoms with Crippen LogP contribution in [-0.4, -0.2) is 56.3 Å². The molecule has 0 saturated carbocycles. The highest BCUT2D eigenvalue weighted by molar-refractivity contribution is 5.97. The summed E-state index contributed by atoms with van der Waals surface area (Å²) in [5.41, 5.74) is 1.30. The minimum Gasteiger partial charge on any atom is -0.507 e. The van der Waals surface area contributed by atoms with E-state index >= 15 is 0 Å². The van der Waals surface area contributed by atoms with Crippen molar-refractivity contribution in [2.24, 2.45) is 0 Å². The summed E-state index contributed by atoms with van der Waals surface area (Å²) in [5, 5.41) is 10.00. The summed E-state index contributed by atoms with van der Waals surface area (Å²) in [6, 6.07) is 12.6. The molecular formula is C19H22N2O4. The number of phenolic OH excluding ortho intramolecular Hbond substituents is 1. The van der Waals surface area contributed by atoms with Gasteiger partial charge in [0, 0.05) is 26.2 Å². The van der Waals surface area contributed by atoms with Crippen molar-refractivity contribution in [2.45, 2.75) is 0 Å². The molecule has 0 unspecified atom stereocenters. The van der Waals surface area contributed by atoms with Gasteiger partial charge in [0.1, 0.15) is 17.2 Å². The quantitative estimate of drug-likeness (QED) is 0.924. The maximum Gasteiger partial charge on any atom is 0.257 e. The average Bonchev–Trinajstić information content (AvgIpc) is 2.68. The maximum absolute atomic E-state index is 12.7. The molecule has 2 aromatic rings. The van der Waals surface area contributed by atoms with Crippen LogP contribution in [0.1, 0.15) is 10.4 Å². The Labute approximate surface area is 147 Å². The minimum atomic E-state index is -0.184. The van der Waals surface area contributed by atoms with Gasteiger partial charge in [-0.15, -0.1) is 0 Å². The number of amides is 1. The van der Waals surface area contributed by atoms with Crippen LogP contribution in [0.4, 0.5) is 5.69 Å². The van der Waals surface area contributed by atoms with E-state index in [1.165, 1.54) is 13.2 Å². The summed E-state index contributed by atoms with van der Waals surface area (Å²) in [7, 11) is 3.19. The van der Waals surface area contributed by atoms with E-state index in [1.54, 1.807) is 24.1 Å². The van der Waals surface area contributed by atoms with Gasteiger partial charge in [0.2, 0.25) is 0 Å². The van der Waals surface area contributed by atoms with Crippen molar-refractivity contribution < 1.29 is 19.4 Å². The molecule has 132 valence electrons. The largest absolute Gasteiger partial charge is 0.507 e. The number of phenols is 1. The molecule has 0 atom stereocenters. The Kier molecular flexibility index (Phi) is 4.97. The molecular weight excluding hydrogens is 320 g/mol. The molecule has 2 aromatic carbocycles. The Bertz CT molecular complexity index is 755. The molecule has 1 N–H and O–H groups in total. The number of methoxy groups -OCH3 is 2. The van der Waals surface area contributed by atoms with E-state index in [2.05, 4.69) is 4.90 Å². The number of nitrogens with zero attached hydrogens (tertiary/aromatic N) is 2. The lowest BCUT2D eigenvalue weighted by Crippen LogP contribution is -2.48. The van der Waals surface area contributed by atoms with Crippen LogP contribution in [0.3, 0.4) is 0 Å². The lowest BCUT2D eigenvalue weighted by Gasteiger charge is -2.36. The topological polar surface area (TPSA) is 62.2 Å². The van der Waals surface area contributed by atoms with Gasteiger partial charge < -0.3 is 24.4 Å². The van der Waals surface area contributed by atoms with Gasteiger partial charge in [-0.3, -0.25) is 4.79 Å². The molecule has 3 rings (SSSR count). The molecule has 25 heavy (non-hydrogen) atoms. The molecule has 0 aromatic heterocycles. The Hall–Kier alpha value is -2.89. The van der Waals surface area contributed by atoms with Crippen molar-refractivity contribution in [3.05, 3.63) is 48.0 Å². The minimum absolute atomic E-state index is 0.0297. The summed E-state index contributed by atoms with van der Waals surface area (Å²) < 4.78 is 10.6. The molecule has 6 heteroatoms. The summed E-state index contributed by atoms with van der Waals surface area (Å²) in [5.74, 6) is 1.16. The Morgan fingerprint density at radius 3 is 2.40 bits per heavy atom. The van der Waals surface area contributed by atoms with Crippen molar-refractivity contribution in [1.82, 2.24) is 4.90 Å².